The molecule has 0 aliphatic rings. The Morgan fingerprint density at radius 2 is 1.48 bits per heavy atom. The fourth-order valence-corrected chi connectivity index (χ4v) is 2.64. The SMILES string of the molecule is NC(Cc1ccccc1)C(O)c1ccc2ccccc2c1. The van der Waals surface area contributed by atoms with Crippen molar-refractivity contribution < 1.29 is 5.11 Å². The van der Waals surface area contributed by atoms with Gasteiger partial charge in [0.05, 0.1) is 6.10 Å². The second kappa shape index (κ2) is 6.08. The van der Waals surface area contributed by atoms with Gasteiger partial charge in [-0.15, -0.1) is 0 Å². The number of aliphatic hydroxyl groups is 1. The van der Waals surface area contributed by atoms with Gasteiger partial charge in [0.2, 0.25) is 0 Å². The molecule has 3 N–H and O–H groups in total. The number of nitrogens with two attached hydrogens (primary N) is 1. The molecule has 2 unspecified atom stereocenters. The van der Waals surface area contributed by atoms with Crippen molar-refractivity contribution in [1.29, 1.82) is 0 Å². The first-order valence-corrected chi connectivity index (χ1v) is 7.20. The Balaban J connectivity index is 1.80. The number of benzene rings is 3. The van der Waals surface area contributed by atoms with Gasteiger partial charge in [-0.2, -0.15) is 0 Å². The van der Waals surface area contributed by atoms with E-state index >= 15 is 0 Å². The maximum absolute atomic E-state index is 10.5. The third-order valence-corrected chi connectivity index (χ3v) is 3.83. The Labute approximate surface area is 124 Å². The molecule has 2 nitrogen and oxygen atoms in total. The molecule has 0 aromatic heterocycles. The fourth-order valence-electron chi connectivity index (χ4n) is 2.64. The topological polar surface area (TPSA) is 46.2 Å². The molecule has 2 atom stereocenters. The quantitative estimate of drug-likeness (QED) is 0.767. The van der Waals surface area contributed by atoms with Crippen LogP contribution in [0.4, 0.5) is 0 Å². The molecule has 0 aliphatic carbocycles. The highest BCUT2D eigenvalue weighted by molar-refractivity contribution is 5.83. The van der Waals surface area contributed by atoms with Gasteiger partial charge in [0, 0.05) is 6.04 Å². The Kier molecular flexibility index (Phi) is 4.00. The number of aliphatic hydroxyl groups excluding tert-OH is 1. The lowest BCUT2D eigenvalue weighted by atomic mass is 9.95. The summed E-state index contributed by atoms with van der Waals surface area (Å²) in [5.41, 5.74) is 8.19. The molecule has 0 saturated heterocycles. The Hall–Kier alpha value is -2.16. The van der Waals surface area contributed by atoms with E-state index in [9.17, 15) is 5.11 Å². The van der Waals surface area contributed by atoms with Crippen LogP contribution in [0.15, 0.2) is 72.8 Å². The van der Waals surface area contributed by atoms with E-state index in [0.717, 1.165) is 16.5 Å². The van der Waals surface area contributed by atoms with Gasteiger partial charge in [0.25, 0.3) is 0 Å². The average molecular weight is 277 g/mol. The first kappa shape index (κ1) is 13.8. The Bertz CT molecular complexity index is 724. The third kappa shape index (κ3) is 3.13. The summed E-state index contributed by atoms with van der Waals surface area (Å²) >= 11 is 0. The average Bonchev–Trinajstić information content (AvgIpc) is 2.54. The summed E-state index contributed by atoms with van der Waals surface area (Å²) in [5.74, 6) is 0. The summed E-state index contributed by atoms with van der Waals surface area (Å²) < 4.78 is 0. The number of fused-ring (bicyclic) bond motifs is 1. The molecular weight excluding hydrogens is 258 g/mol. The molecule has 0 aliphatic heterocycles. The molecule has 106 valence electrons. The molecule has 3 aromatic rings. The Morgan fingerprint density at radius 1 is 0.810 bits per heavy atom. The van der Waals surface area contributed by atoms with Gasteiger partial charge in [-0.3, -0.25) is 0 Å². The predicted molar refractivity (Wildman–Crippen MR) is 87.0 cm³/mol. The summed E-state index contributed by atoms with van der Waals surface area (Å²) in [4.78, 5) is 0. The van der Waals surface area contributed by atoms with E-state index in [2.05, 4.69) is 6.07 Å². The van der Waals surface area contributed by atoms with E-state index in [0.29, 0.717) is 6.42 Å². The highest BCUT2D eigenvalue weighted by atomic mass is 16.3. The molecule has 0 radical (unpaired) electrons. The van der Waals surface area contributed by atoms with Crippen LogP contribution in [0.1, 0.15) is 17.2 Å². The van der Waals surface area contributed by atoms with Crippen molar-refractivity contribution in [2.24, 2.45) is 5.73 Å². The first-order chi connectivity index (χ1) is 10.2. The molecule has 0 bridgehead atoms. The van der Waals surface area contributed by atoms with Crippen LogP contribution < -0.4 is 5.73 Å². The predicted octanol–water partition coefficient (Wildman–Crippen LogP) is 3.44. The van der Waals surface area contributed by atoms with E-state index in [1.165, 1.54) is 5.39 Å². The minimum absolute atomic E-state index is 0.312. The van der Waals surface area contributed by atoms with Crippen molar-refractivity contribution in [2.75, 3.05) is 0 Å². The second-order valence-electron chi connectivity index (χ2n) is 5.41. The van der Waals surface area contributed by atoms with Crippen LogP contribution in [0.3, 0.4) is 0 Å². The van der Waals surface area contributed by atoms with Gasteiger partial charge in [-0.1, -0.05) is 66.7 Å². The largest absolute Gasteiger partial charge is 0.387 e. The summed E-state index contributed by atoms with van der Waals surface area (Å²) in [5, 5.41) is 12.8. The number of hydrogen-bond donors (Lipinski definition) is 2. The van der Waals surface area contributed by atoms with Crippen molar-refractivity contribution in [3.63, 3.8) is 0 Å². The highest BCUT2D eigenvalue weighted by Crippen LogP contribution is 2.23. The van der Waals surface area contributed by atoms with E-state index in [1.54, 1.807) is 0 Å². The lowest BCUT2D eigenvalue weighted by Crippen LogP contribution is -2.30. The molecule has 0 heterocycles. The van der Waals surface area contributed by atoms with Crippen LogP contribution >= 0.6 is 0 Å². The maximum Gasteiger partial charge on any atom is 0.0944 e. The van der Waals surface area contributed by atoms with E-state index in [-0.39, 0.29) is 6.04 Å². The van der Waals surface area contributed by atoms with Gasteiger partial charge in [-0.05, 0) is 34.4 Å². The summed E-state index contributed by atoms with van der Waals surface area (Å²) in [6, 6.07) is 23.9. The van der Waals surface area contributed by atoms with Crippen molar-refractivity contribution in [3.8, 4) is 0 Å². The van der Waals surface area contributed by atoms with Crippen LogP contribution in [0.2, 0.25) is 0 Å². The minimum Gasteiger partial charge on any atom is -0.387 e. The molecule has 0 saturated carbocycles. The monoisotopic (exact) mass is 277 g/mol. The van der Waals surface area contributed by atoms with Crippen LogP contribution in [0.5, 0.6) is 0 Å². The van der Waals surface area contributed by atoms with Crippen molar-refractivity contribution in [1.82, 2.24) is 0 Å². The lowest BCUT2D eigenvalue weighted by molar-refractivity contribution is 0.146. The zero-order valence-electron chi connectivity index (χ0n) is 11.8. The van der Waals surface area contributed by atoms with Gasteiger partial charge in [-0.25, -0.2) is 0 Å². The Morgan fingerprint density at radius 3 is 2.24 bits per heavy atom. The summed E-state index contributed by atoms with van der Waals surface area (Å²) in [7, 11) is 0. The van der Waals surface area contributed by atoms with E-state index in [4.69, 9.17) is 5.73 Å². The van der Waals surface area contributed by atoms with Crippen LogP contribution in [0.25, 0.3) is 10.8 Å². The number of rotatable bonds is 4. The first-order valence-electron chi connectivity index (χ1n) is 7.20. The van der Waals surface area contributed by atoms with Gasteiger partial charge >= 0.3 is 0 Å². The molecule has 3 rings (SSSR count). The van der Waals surface area contributed by atoms with Crippen molar-refractivity contribution in [3.05, 3.63) is 83.9 Å². The summed E-state index contributed by atoms with van der Waals surface area (Å²) in [6.45, 7) is 0. The normalized spacial score (nSPS) is 14.0. The molecular formula is C19H19NO. The van der Waals surface area contributed by atoms with Crippen LogP contribution in [-0.2, 0) is 6.42 Å². The van der Waals surface area contributed by atoms with Gasteiger partial charge in [0.1, 0.15) is 0 Å². The fraction of sp³-hybridized carbons (Fsp3) is 0.158. The maximum atomic E-state index is 10.5. The van der Waals surface area contributed by atoms with Crippen molar-refractivity contribution in [2.45, 2.75) is 18.6 Å². The van der Waals surface area contributed by atoms with Crippen LogP contribution in [-0.4, -0.2) is 11.1 Å². The second-order valence-corrected chi connectivity index (χ2v) is 5.41. The minimum atomic E-state index is -0.658. The molecule has 0 spiro atoms. The number of hydrogen-bond acceptors (Lipinski definition) is 2. The molecule has 2 heteroatoms. The zero-order chi connectivity index (χ0) is 14.7. The third-order valence-electron chi connectivity index (χ3n) is 3.83. The zero-order valence-corrected chi connectivity index (χ0v) is 11.8. The van der Waals surface area contributed by atoms with E-state index < -0.39 is 6.10 Å². The van der Waals surface area contributed by atoms with E-state index in [1.807, 2.05) is 66.7 Å². The summed E-state index contributed by atoms with van der Waals surface area (Å²) in [6.07, 6.45) is 0.00396. The highest BCUT2D eigenvalue weighted by Gasteiger charge is 2.17. The standard InChI is InChI=1S/C19H19NO/c20-18(12-14-6-2-1-3-7-14)19(21)17-11-10-15-8-4-5-9-16(15)13-17/h1-11,13,18-19,21H,12,20H2. The lowest BCUT2D eigenvalue weighted by Gasteiger charge is -2.19. The molecule has 0 amide bonds. The molecule has 3 aromatic carbocycles. The molecule has 21 heavy (non-hydrogen) atoms. The van der Waals surface area contributed by atoms with Crippen LogP contribution in [0, 0.1) is 0 Å². The smallest absolute Gasteiger partial charge is 0.0944 e. The van der Waals surface area contributed by atoms with Gasteiger partial charge in [0.15, 0.2) is 0 Å². The van der Waals surface area contributed by atoms with Gasteiger partial charge < -0.3 is 10.8 Å². The molecule has 0 fully saturated rings. The van der Waals surface area contributed by atoms with Crippen molar-refractivity contribution >= 4 is 10.8 Å².